The van der Waals surface area contributed by atoms with Crippen LogP contribution in [0.4, 0.5) is 15.8 Å². The molecular weight excluding hydrogens is 359 g/mol. The fraction of sp³-hybridized carbons (Fsp3) is 0.0556. The summed E-state index contributed by atoms with van der Waals surface area (Å²) < 4.78 is 13.9. The smallest absolute Gasteiger partial charge is 0.273 e. The number of hydrogen-bond donors (Lipinski definition) is 3. The number of nitrogens with one attached hydrogen (secondary N) is 3. The lowest BCUT2D eigenvalue weighted by atomic mass is 10.1. The van der Waals surface area contributed by atoms with E-state index in [2.05, 4.69) is 20.8 Å². The summed E-state index contributed by atoms with van der Waals surface area (Å²) in [5, 5.41) is 12.2. The van der Waals surface area contributed by atoms with Gasteiger partial charge in [0.15, 0.2) is 0 Å². The molecule has 0 spiro atoms. The zero-order valence-electron chi connectivity index (χ0n) is 13.6. The van der Waals surface area contributed by atoms with Crippen LogP contribution in [-0.4, -0.2) is 22.0 Å². The summed E-state index contributed by atoms with van der Waals surface area (Å²) in [4.78, 5) is 23.4. The van der Waals surface area contributed by atoms with E-state index in [1.807, 2.05) is 0 Å². The Kier molecular flexibility index (Phi) is 4.99. The molecule has 1 aromatic heterocycles. The molecule has 26 heavy (non-hydrogen) atoms. The Labute approximate surface area is 153 Å². The number of aromatic amines is 1. The number of amides is 2. The number of carbonyl (C=O) groups is 2. The summed E-state index contributed by atoms with van der Waals surface area (Å²) >= 11 is 5.95. The molecule has 0 aliphatic carbocycles. The van der Waals surface area contributed by atoms with E-state index >= 15 is 0 Å². The molecule has 2 amide bonds. The van der Waals surface area contributed by atoms with Gasteiger partial charge in [0.2, 0.25) is 5.91 Å². The second-order valence-electron chi connectivity index (χ2n) is 5.51. The first-order valence-corrected chi connectivity index (χ1v) is 8.00. The van der Waals surface area contributed by atoms with Crippen LogP contribution in [0.25, 0.3) is 11.3 Å². The third-order valence-corrected chi connectivity index (χ3v) is 3.71. The molecule has 0 aliphatic heterocycles. The van der Waals surface area contributed by atoms with E-state index in [1.54, 1.807) is 24.3 Å². The van der Waals surface area contributed by atoms with E-state index in [1.165, 1.54) is 25.1 Å². The van der Waals surface area contributed by atoms with E-state index in [0.717, 1.165) is 11.6 Å². The van der Waals surface area contributed by atoms with Crippen LogP contribution < -0.4 is 10.6 Å². The van der Waals surface area contributed by atoms with Crippen molar-refractivity contribution in [2.75, 3.05) is 10.6 Å². The first-order chi connectivity index (χ1) is 12.4. The number of H-pyrrole nitrogens is 1. The Bertz CT molecular complexity index is 987. The van der Waals surface area contributed by atoms with Crippen molar-refractivity contribution in [2.45, 2.75) is 6.92 Å². The second kappa shape index (κ2) is 7.37. The molecular formula is C18H14ClFN4O2. The van der Waals surface area contributed by atoms with Gasteiger partial charge in [-0.05, 0) is 36.4 Å². The van der Waals surface area contributed by atoms with E-state index in [4.69, 9.17) is 11.6 Å². The average Bonchev–Trinajstić information content (AvgIpc) is 3.07. The van der Waals surface area contributed by atoms with Gasteiger partial charge >= 0.3 is 0 Å². The number of carbonyl (C=O) groups excluding carboxylic acids is 2. The Hall–Kier alpha value is -3.19. The van der Waals surface area contributed by atoms with Gasteiger partial charge < -0.3 is 10.6 Å². The van der Waals surface area contributed by atoms with Gasteiger partial charge in [0.25, 0.3) is 5.91 Å². The topological polar surface area (TPSA) is 86.9 Å². The number of rotatable bonds is 4. The molecule has 3 aromatic rings. The molecule has 0 aliphatic rings. The lowest BCUT2D eigenvalue weighted by Crippen LogP contribution is -2.14. The van der Waals surface area contributed by atoms with Gasteiger partial charge in [-0.15, -0.1) is 0 Å². The van der Waals surface area contributed by atoms with Crippen LogP contribution in [0.2, 0.25) is 5.02 Å². The van der Waals surface area contributed by atoms with Crippen molar-refractivity contribution in [3.05, 3.63) is 65.1 Å². The summed E-state index contributed by atoms with van der Waals surface area (Å²) in [6.45, 7) is 1.34. The maximum absolute atomic E-state index is 13.9. The van der Waals surface area contributed by atoms with Crippen molar-refractivity contribution >= 4 is 34.8 Å². The van der Waals surface area contributed by atoms with Gasteiger partial charge in [-0.2, -0.15) is 5.10 Å². The predicted molar refractivity (Wildman–Crippen MR) is 97.7 cm³/mol. The van der Waals surface area contributed by atoms with E-state index in [-0.39, 0.29) is 17.3 Å². The van der Waals surface area contributed by atoms with Crippen molar-refractivity contribution in [1.82, 2.24) is 10.2 Å². The molecule has 0 atom stereocenters. The van der Waals surface area contributed by atoms with E-state index in [0.29, 0.717) is 16.4 Å². The summed E-state index contributed by atoms with van der Waals surface area (Å²) in [5.74, 6) is -1.49. The molecule has 0 saturated heterocycles. The standard InChI is InChI=1S/C18H14ClFN4O2/c1-10(25)21-13-5-6-14(20)16(8-13)22-18(26)17-9-15(23-24-17)11-3-2-4-12(19)7-11/h2-9H,1H3,(H,21,25)(H,22,26)(H,23,24). The molecule has 0 bridgehead atoms. The first kappa shape index (κ1) is 17.6. The zero-order valence-corrected chi connectivity index (χ0v) is 14.4. The third-order valence-electron chi connectivity index (χ3n) is 3.48. The van der Waals surface area contributed by atoms with Crippen LogP contribution in [0.3, 0.4) is 0 Å². The van der Waals surface area contributed by atoms with Crippen LogP contribution in [0.1, 0.15) is 17.4 Å². The molecule has 132 valence electrons. The Balaban J connectivity index is 1.80. The minimum atomic E-state index is -0.623. The highest BCUT2D eigenvalue weighted by Gasteiger charge is 2.14. The summed E-state index contributed by atoms with van der Waals surface area (Å²) in [5.41, 5.74) is 1.75. The first-order valence-electron chi connectivity index (χ1n) is 7.62. The average molecular weight is 373 g/mol. The summed E-state index contributed by atoms with van der Waals surface area (Å²) in [6.07, 6.45) is 0. The number of hydrogen-bond acceptors (Lipinski definition) is 3. The molecule has 0 radical (unpaired) electrons. The highest BCUT2D eigenvalue weighted by atomic mass is 35.5. The molecule has 0 saturated carbocycles. The Morgan fingerprint density at radius 1 is 1.12 bits per heavy atom. The van der Waals surface area contributed by atoms with E-state index < -0.39 is 11.7 Å². The summed E-state index contributed by atoms with van der Waals surface area (Å²) in [7, 11) is 0. The SMILES string of the molecule is CC(=O)Nc1ccc(F)c(NC(=O)c2cc(-c3cccc(Cl)c3)n[nH]2)c1. The molecule has 3 N–H and O–H groups in total. The molecule has 6 nitrogen and oxygen atoms in total. The molecule has 8 heteroatoms. The number of halogens is 2. The van der Waals surface area contributed by atoms with Crippen molar-refractivity contribution in [2.24, 2.45) is 0 Å². The fourth-order valence-corrected chi connectivity index (χ4v) is 2.52. The number of benzene rings is 2. The van der Waals surface area contributed by atoms with Gasteiger partial charge in [-0.1, -0.05) is 23.7 Å². The Morgan fingerprint density at radius 2 is 1.92 bits per heavy atom. The van der Waals surface area contributed by atoms with Crippen molar-refractivity contribution in [1.29, 1.82) is 0 Å². The van der Waals surface area contributed by atoms with Crippen molar-refractivity contribution in [3.8, 4) is 11.3 Å². The van der Waals surface area contributed by atoms with Crippen LogP contribution in [0.5, 0.6) is 0 Å². The fourth-order valence-electron chi connectivity index (χ4n) is 2.33. The van der Waals surface area contributed by atoms with Crippen LogP contribution in [-0.2, 0) is 4.79 Å². The van der Waals surface area contributed by atoms with Crippen LogP contribution in [0, 0.1) is 5.82 Å². The second-order valence-corrected chi connectivity index (χ2v) is 5.94. The number of anilines is 2. The van der Waals surface area contributed by atoms with Crippen molar-refractivity contribution in [3.63, 3.8) is 0 Å². The predicted octanol–water partition coefficient (Wildman–Crippen LogP) is 4.08. The van der Waals surface area contributed by atoms with Crippen molar-refractivity contribution < 1.29 is 14.0 Å². The lowest BCUT2D eigenvalue weighted by Gasteiger charge is -2.08. The van der Waals surface area contributed by atoms with E-state index in [9.17, 15) is 14.0 Å². The monoisotopic (exact) mass is 372 g/mol. The van der Waals surface area contributed by atoms with Gasteiger partial charge in [0.05, 0.1) is 11.4 Å². The highest BCUT2D eigenvalue weighted by Crippen LogP contribution is 2.23. The molecule has 3 rings (SSSR count). The largest absolute Gasteiger partial charge is 0.326 e. The minimum absolute atomic E-state index is 0.0554. The number of nitrogens with zero attached hydrogens (tertiary/aromatic N) is 1. The third kappa shape index (κ3) is 4.07. The van der Waals surface area contributed by atoms with Gasteiger partial charge in [0, 0.05) is 23.2 Å². The quantitative estimate of drug-likeness (QED) is 0.645. The minimum Gasteiger partial charge on any atom is -0.326 e. The molecule has 0 fully saturated rings. The maximum atomic E-state index is 13.9. The van der Waals surface area contributed by atoms with Gasteiger partial charge in [0.1, 0.15) is 11.5 Å². The molecule has 2 aromatic carbocycles. The van der Waals surface area contributed by atoms with Crippen LogP contribution >= 0.6 is 11.6 Å². The van der Waals surface area contributed by atoms with Gasteiger partial charge in [-0.25, -0.2) is 4.39 Å². The lowest BCUT2D eigenvalue weighted by molar-refractivity contribution is -0.114. The van der Waals surface area contributed by atoms with Crippen LogP contribution in [0.15, 0.2) is 48.5 Å². The molecule has 1 heterocycles. The summed E-state index contributed by atoms with van der Waals surface area (Å²) in [6, 6.07) is 12.5. The normalized spacial score (nSPS) is 10.4. The maximum Gasteiger partial charge on any atom is 0.273 e. The molecule has 0 unspecified atom stereocenters. The number of aromatic nitrogens is 2. The zero-order chi connectivity index (χ0) is 18.7. The Morgan fingerprint density at radius 3 is 2.65 bits per heavy atom. The highest BCUT2D eigenvalue weighted by molar-refractivity contribution is 6.30. The van der Waals surface area contributed by atoms with Gasteiger partial charge in [-0.3, -0.25) is 14.7 Å².